The minimum absolute atomic E-state index is 0.0107. The Morgan fingerprint density at radius 3 is 2.53 bits per heavy atom. The quantitative estimate of drug-likeness (QED) is 0.553. The highest BCUT2D eigenvalue weighted by molar-refractivity contribution is 9.10. The van der Waals surface area contributed by atoms with Crippen LogP contribution in [0.5, 0.6) is 0 Å². The number of allylic oxidation sites excluding steroid dienone is 3. The fourth-order valence-corrected chi connectivity index (χ4v) is 3.73. The Bertz CT molecular complexity index is 527. The largest absolute Gasteiger partial charge is 0.206 e. The van der Waals surface area contributed by atoms with E-state index < -0.39 is 0 Å². The number of hydrogen-bond acceptors (Lipinski definition) is 0. The van der Waals surface area contributed by atoms with E-state index in [2.05, 4.69) is 28.1 Å². The molecular formula is C17H18BrF. The highest BCUT2D eigenvalue weighted by Crippen LogP contribution is 2.52. The first-order chi connectivity index (χ1) is 9.21. The van der Waals surface area contributed by atoms with Crippen LogP contribution in [0.2, 0.25) is 0 Å². The molecule has 2 aliphatic rings. The molecule has 0 nitrogen and oxygen atoms in total. The summed E-state index contributed by atoms with van der Waals surface area (Å²) in [6.07, 6.45) is 11.1. The van der Waals surface area contributed by atoms with E-state index in [-0.39, 0.29) is 11.2 Å². The van der Waals surface area contributed by atoms with Crippen LogP contribution >= 0.6 is 15.9 Å². The van der Waals surface area contributed by atoms with E-state index in [1.54, 1.807) is 0 Å². The normalized spacial score (nSPS) is 28.9. The summed E-state index contributed by atoms with van der Waals surface area (Å²) in [7, 11) is 0. The van der Waals surface area contributed by atoms with Gasteiger partial charge in [-0.15, -0.1) is 0 Å². The topological polar surface area (TPSA) is 0 Å². The van der Waals surface area contributed by atoms with Crippen molar-refractivity contribution in [1.82, 2.24) is 0 Å². The molecule has 1 aromatic rings. The minimum Gasteiger partial charge on any atom is -0.206 e. The lowest BCUT2D eigenvalue weighted by atomic mass is 9.74. The van der Waals surface area contributed by atoms with E-state index in [1.165, 1.54) is 6.42 Å². The predicted octanol–water partition coefficient (Wildman–Crippen LogP) is 6.04. The zero-order valence-corrected chi connectivity index (χ0v) is 12.5. The maximum Gasteiger partial charge on any atom is 0.130 e. The van der Waals surface area contributed by atoms with Crippen molar-refractivity contribution in [2.45, 2.75) is 38.5 Å². The third-order valence-electron chi connectivity index (χ3n) is 4.44. The van der Waals surface area contributed by atoms with E-state index >= 15 is 0 Å². The Kier molecular flexibility index (Phi) is 3.62. The molecule has 1 spiro atoms. The SMILES string of the molecule is F/C(=C1\CCCC12C=CCCC2)c1ccc(Br)cc1. The van der Waals surface area contributed by atoms with Gasteiger partial charge in [-0.25, -0.2) is 4.39 Å². The summed E-state index contributed by atoms with van der Waals surface area (Å²) in [5, 5.41) is 0. The molecule has 1 saturated carbocycles. The Hall–Kier alpha value is -0.890. The average molecular weight is 321 g/mol. The van der Waals surface area contributed by atoms with E-state index in [1.807, 2.05) is 24.3 Å². The molecule has 1 atom stereocenters. The van der Waals surface area contributed by atoms with Gasteiger partial charge in [0.05, 0.1) is 0 Å². The van der Waals surface area contributed by atoms with E-state index in [9.17, 15) is 4.39 Å². The second kappa shape index (κ2) is 5.24. The van der Waals surface area contributed by atoms with Crippen LogP contribution < -0.4 is 0 Å². The molecule has 2 aliphatic carbocycles. The number of benzene rings is 1. The summed E-state index contributed by atoms with van der Waals surface area (Å²) in [5.41, 5.74) is 1.78. The Morgan fingerprint density at radius 2 is 1.84 bits per heavy atom. The van der Waals surface area contributed by atoms with Crippen molar-refractivity contribution in [1.29, 1.82) is 0 Å². The van der Waals surface area contributed by atoms with Gasteiger partial charge in [0.1, 0.15) is 5.83 Å². The highest BCUT2D eigenvalue weighted by atomic mass is 79.9. The summed E-state index contributed by atoms with van der Waals surface area (Å²) in [5.74, 6) is 0.0107. The molecule has 0 amide bonds. The smallest absolute Gasteiger partial charge is 0.130 e. The summed E-state index contributed by atoms with van der Waals surface area (Å²) < 4.78 is 15.8. The molecule has 1 fully saturated rings. The molecule has 0 bridgehead atoms. The molecule has 1 aromatic carbocycles. The van der Waals surface area contributed by atoms with Crippen LogP contribution in [0.25, 0.3) is 5.83 Å². The number of hydrogen-bond donors (Lipinski definition) is 0. The standard InChI is InChI=1S/C17H18BrF/c18-14-8-6-13(7-9-14)16(19)15-5-4-12-17(15)10-2-1-3-11-17/h2,6-10H,1,3-5,11-12H2/b16-15+. The van der Waals surface area contributed by atoms with Crippen LogP contribution in [0.3, 0.4) is 0 Å². The summed E-state index contributed by atoms with van der Waals surface area (Å²) in [6.45, 7) is 0. The molecular weight excluding hydrogens is 303 g/mol. The van der Waals surface area contributed by atoms with Gasteiger partial charge in [-0.3, -0.25) is 0 Å². The summed E-state index contributed by atoms with van der Waals surface area (Å²) in [6, 6.07) is 7.55. The second-order valence-corrected chi connectivity index (χ2v) is 6.52. The van der Waals surface area contributed by atoms with E-state index in [4.69, 9.17) is 0 Å². The molecule has 0 N–H and O–H groups in total. The van der Waals surface area contributed by atoms with Crippen molar-refractivity contribution in [3.8, 4) is 0 Å². The lowest BCUT2D eigenvalue weighted by Gasteiger charge is -2.31. The van der Waals surface area contributed by atoms with Gasteiger partial charge < -0.3 is 0 Å². The van der Waals surface area contributed by atoms with Crippen LogP contribution in [0.4, 0.5) is 4.39 Å². The molecule has 100 valence electrons. The van der Waals surface area contributed by atoms with Gasteiger partial charge in [0, 0.05) is 15.5 Å². The van der Waals surface area contributed by atoms with Gasteiger partial charge in [0.25, 0.3) is 0 Å². The highest BCUT2D eigenvalue weighted by Gasteiger charge is 2.39. The van der Waals surface area contributed by atoms with Crippen LogP contribution in [-0.4, -0.2) is 0 Å². The zero-order valence-electron chi connectivity index (χ0n) is 11.0. The van der Waals surface area contributed by atoms with Crippen molar-refractivity contribution in [3.05, 3.63) is 52.0 Å². The molecule has 2 heteroatoms. The monoisotopic (exact) mass is 320 g/mol. The fourth-order valence-electron chi connectivity index (χ4n) is 3.47. The van der Waals surface area contributed by atoms with Gasteiger partial charge in [-0.1, -0.05) is 40.2 Å². The van der Waals surface area contributed by atoms with Gasteiger partial charge in [0.15, 0.2) is 0 Å². The van der Waals surface area contributed by atoms with Crippen LogP contribution in [0.1, 0.15) is 44.1 Å². The second-order valence-electron chi connectivity index (χ2n) is 5.60. The van der Waals surface area contributed by atoms with Gasteiger partial charge >= 0.3 is 0 Å². The van der Waals surface area contributed by atoms with Crippen molar-refractivity contribution < 1.29 is 4.39 Å². The van der Waals surface area contributed by atoms with Crippen molar-refractivity contribution in [2.24, 2.45) is 5.41 Å². The first kappa shape index (κ1) is 13.1. The molecule has 0 aromatic heterocycles. The van der Waals surface area contributed by atoms with Crippen LogP contribution in [0, 0.1) is 5.41 Å². The number of rotatable bonds is 1. The third kappa shape index (κ3) is 2.43. The first-order valence-corrected chi connectivity index (χ1v) is 7.83. The van der Waals surface area contributed by atoms with E-state index in [0.29, 0.717) is 0 Å². The first-order valence-electron chi connectivity index (χ1n) is 7.04. The molecule has 19 heavy (non-hydrogen) atoms. The van der Waals surface area contributed by atoms with Crippen LogP contribution in [-0.2, 0) is 0 Å². The van der Waals surface area contributed by atoms with Gasteiger partial charge in [-0.2, -0.15) is 0 Å². The summed E-state index contributed by atoms with van der Waals surface area (Å²) >= 11 is 3.40. The molecule has 0 radical (unpaired) electrons. The lowest BCUT2D eigenvalue weighted by Crippen LogP contribution is -2.18. The lowest BCUT2D eigenvalue weighted by molar-refractivity contribution is 0.400. The molecule has 3 rings (SSSR count). The Labute approximate surface area is 122 Å². The van der Waals surface area contributed by atoms with Gasteiger partial charge in [-0.05, 0) is 56.2 Å². The van der Waals surface area contributed by atoms with Crippen LogP contribution in [0.15, 0.2) is 46.5 Å². The third-order valence-corrected chi connectivity index (χ3v) is 4.97. The zero-order chi connectivity index (χ0) is 13.3. The molecule has 0 saturated heterocycles. The Balaban J connectivity index is 2.02. The molecule has 0 aliphatic heterocycles. The van der Waals surface area contributed by atoms with Crippen molar-refractivity contribution in [3.63, 3.8) is 0 Å². The minimum atomic E-state index is 0.0107. The maximum absolute atomic E-state index is 14.8. The fraction of sp³-hybridized carbons (Fsp3) is 0.412. The predicted molar refractivity (Wildman–Crippen MR) is 81.4 cm³/mol. The molecule has 0 heterocycles. The van der Waals surface area contributed by atoms with Crippen molar-refractivity contribution >= 4 is 21.8 Å². The number of halogens is 2. The summed E-state index contributed by atoms with van der Waals surface area (Å²) in [4.78, 5) is 0. The van der Waals surface area contributed by atoms with Crippen molar-refractivity contribution in [2.75, 3.05) is 0 Å². The average Bonchev–Trinajstić information content (AvgIpc) is 2.83. The molecule has 1 unspecified atom stereocenters. The van der Waals surface area contributed by atoms with E-state index in [0.717, 1.165) is 47.7 Å². The maximum atomic E-state index is 14.8. The Morgan fingerprint density at radius 1 is 1.11 bits per heavy atom. The van der Waals surface area contributed by atoms with Gasteiger partial charge in [0.2, 0.25) is 0 Å².